The van der Waals surface area contributed by atoms with Crippen LogP contribution < -0.4 is 0 Å². The summed E-state index contributed by atoms with van der Waals surface area (Å²) in [5.41, 5.74) is 3.50. The van der Waals surface area contributed by atoms with E-state index in [0.717, 1.165) is 59.5 Å². The predicted molar refractivity (Wildman–Crippen MR) is 166 cm³/mol. The quantitative estimate of drug-likeness (QED) is 0.239. The van der Waals surface area contributed by atoms with Gasteiger partial charge < -0.3 is 18.6 Å². The summed E-state index contributed by atoms with van der Waals surface area (Å²) in [4.78, 5) is 17.9. The lowest BCUT2D eigenvalue weighted by Gasteiger charge is -2.46. The van der Waals surface area contributed by atoms with Crippen molar-refractivity contribution in [1.82, 2.24) is 4.98 Å². The van der Waals surface area contributed by atoms with Gasteiger partial charge in [0.1, 0.15) is 12.2 Å². The Balaban J connectivity index is 1.63. The molecule has 246 valence electrons. The van der Waals surface area contributed by atoms with Gasteiger partial charge in [0.05, 0.1) is 23.0 Å². The molecule has 0 radical (unpaired) electrons. The average Bonchev–Trinajstić information content (AvgIpc) is 3.64. The Bertz CT molecular complexity index is 1470. The van der Waals surface area contributed by atoms with Crippen LogP contribution in [0.5, 0.6) is 0 Å². The van der Waals surface area contributed by atoms with Crippen molar-refractivity contribution < 1.29 is 36.6 Å². The molecule has 2 fully saturated rings. The maximum atomic E-state index is 13.5. The van der Waals surface area contributed by atoms with Gasteiger partial charge in [-0.15, -0.1) is 0 Å². The van der Waals surface area contributed by atoms with E-state index in [1.807, 2.05) is 0 Å². The predicted octanol–water partition coefficient (Wildman–Crippen LogP) is 9.20. The van der Waals surface area contributed by atoms with Gasteiger partial charge in [-0.05, 0) is 66.6 Å². The molecule has 2 spiro atoms. The summed E-state index contributed by atoms with van der Waals surface area (Å²) < 4.78 is 67.0. The highest BCUT2D eigenvalue weighted by Crippen LogP contribution is 2.68. The lowest BCUT2D eigenvalue weighted by Crippen LogP contribution is -2.45. The van der Waals surface area contributed by atoms with Gasteiger partial charge in [0.15, 0.2) is 8.32 Å². The van der Waals surface area contributed by atoms with E-state index in [4.69, 9.17) is 23.6 Å². The van der Waals surface area contributed by atoms with E-state index in [1.54, 1.807) is 0 Å². The first-order valence-electron chi connectivity index (χ1n) is 16.2. The molecule has 0 amide bonds. The van der Waals surface area contributed by atoms with Gasteiger partial charge in [-0.1, -0.05) is 46.8 Å². The molecule has 0 N–H and O–H groups in total. The molecule has 1 saturated heterocycles. The molecule has 2 aliphatic heterocycles. The Labute approximate surface area is 265 Å². The van der Waals surface area contributed by atoms with E-state index in [2.05, 4.69) is 47.7 Å². The van der Waals surface area contributed by atoms with E-state index < -0.39 is 37.9 Å². The summed E-state index contributed by atoms with van der Waals surface area (Å²) >= 11 is 0. The Morgan fingerprint density at radius 2 is 1.64 bits per heavy atom. The van der Waals surface area contributed by atoms with E-state index in [9.17, 15) is 18.0 Å². The molecule has 1 aromatic heterocycles. The molecule has 0 bridgehead atoms. The number of nitrogens with zero attached hydrogens (tertiary/aromatic N) is 1. The maximum absolute atomic E-state index is 13.5. The second kappa shape index (κ2) is 10.9. The molecule has 6 rings (SSSR count). The fourth-order valence-electron chi connectivity index (χ4n) is 7.34. The third-order valence-corrected chi connectivity index (χ3v) is 15.4. The van der Waals surface area contributed by atoms with E-state index >= 15 is 0 Å². The van der Waals surface area contributed by atoms with Gasteiger partial charge in [0.25, 0.3) is 0 Å². The van der Waals surface area contributed by atoms with Crippen molar-refractivity contribution >= 4 is 14.3 Å². The second-order valence-electron chi connectivity index (χ2n) is 15.4. The minimum Gasteiger partial charge on any atom is -0.455 e. The summed E-state index contributed by atoms with van der Waals surface area (Å²) in [5, 5.41) is -0.0410. The number of aromatic nitrogens is 1. The number of fused-ring (bicyclic) bond motifs is 4. The average molecular weight is 646 g/mol. The summed E-state index contributed by atoms with van der Waals surface area (Å²) in [6, 6.07) is 5.32. The number of pyridine rings is 1. The second-order valence-corrected chi connectivity index (χ2v) is 20.1. The number of rotatable bonds is 5. The van der Waals surface area contributed by atoms with Gasteiger partial charge in [0, 0.05) is 55.2 Å². The van der Waals surface area contributed by atoms with Gasteiger partial charge in [-0.25, -0.2) is 0 Å². The molecule has 45 heavy (non-hydrogen) atoms. The fraction of sp³-hybridized carbons (Fsp3) is 0.657. The number of hydrogen-bond donors (Lipinski definition) is 0. The van der Waals surface area contributed by atoms with Crippen LogP contribution in [0.1, 0.15) is 137 Å². The summed E-state index contributed by atoms with van der Waals surface area (Å²) in [7, 11) is -2.29. The molecule has 3 heterocycles. The number of benzene rings is 1. The lowest BCUT2D eigenvalue weighted by molar-refractivity contribution is -0.153. The van der Waals surface area contributed by atoms with Crippen molar-refractivity contribution in [2.75, 3.05) is 13.2 Å². The summed E-state index contributed by atoms with van der Waals surface area (Å²) in [6.45, 7) is 17.8. The molecule has 1 aromatic carbocycles. The molecule has 4 aliphatic rings. The number of ether oxygens (including phenoxy) is 3. The van der Waals surface area contributed by atoms with E-state index in [1.165, 1.54) is 19.1 Å². The van der Waals surface area contributed by atoms with Gasteiger partial charge in [-0.3, -0.25) is 9.78 Å². The Kier molecular flexibility index (Phi) is 7.90. The summed E-state index contributed by atoms with van der Waals surface area (Å²) in [5.74, 6) is -0.358. The zero-order valence-electron chi connectivity index (χ0n) is 27.7. The van der Waals surface area contributed by atoms with Crippen molar-refractivity contribution in [1.29, 1.82) is 0 Å². The van der Waals surface area contributed by atoms with Crippen LogP contribution in [0.15, 0.2) is 24.3 Å². The zero-order chi connectivity index (χ0) is 32.7. The molecular weight excluding hydrogens is 599 g/mol. The number of carbonyl (C=O) groups excluding carboxylic acids is 1. The van der Waals surface area contributed by atoms with Crippen LogP contribution in [0.4, 0.5) is 13.2 Å². The van der Waals surface area contributed by atoms with Gasteiger partial charge in [-0.2, -0.15) is 13.2 Å². The minimum absolute atomic E-state index is 0.0191. The number of hydrogen-bond acceptors (Lipinski definition) is 6. The standard InChI is InChI=1S/C35H46F3NO5Si/c1-20(2)28-26-27(34(15-17-41-18-16-34)43-30(26)22-9-11-23(12-10-22)35(36,37)38)25-24(44-45(7,8)32(4,5)6)19-33(13-14-33)31(29(25)39-28)42-21(3)40/h9-12,20,24,30-31H,13-19H2,1-8H3/t24-,30+,31?/m0/s1. The smallest absolute Gasteiger partial charge is 0.416 e. The van der Waals surface area contributed by atoms with Crippen molar-refractivity contribution in [2.24, 2.45) is 5.41 Å². The molecule has 3 atom stereocenters. The number of halogens is 3. The topological polar surface area (TPSA) is 66.9 Å². The molecule has 1 unspecified atom stereocenters. The fourth-order valence-corrected chi connectivity index (χ4v) is 8.61. The van der Waals surface area contributed by atoms with Crippen LogP contribution in [0, 0.1) is 5.41 Å². The highest BCUT2D eigenvalue weighted by atomic mass is 28.4. The Morgan fingerprint density at radius 1 is 1.02 bits per heavy atom. The zero-order valence-corrected chi connectivity index (χ0v) is 28.7. The highest BCUT2D eigenvalue weighted by Gasteiger charge is 2.62. The Hall–Kier alpha value is -2.27. The largest absolute Gasteiger partial charge is 0.455 e. The van der Waals surface area contributed by atoms with E-state index in [0.29, 0.717) is 31.6 Å². The highest BCUT2D eigenvalue weighted by molar-refractivity contribution is 6.74. The van der Waals surface area contributed by atoms with Crippen molar-refractivity contribution in [3.05, 3.63) is 63.5 Å². The molecule has 1 saturated carbocycles. The number of carbonyl (C=O) groups is 1. The number of alkyl halides is 3. The first-order valence-corrected chi connectivity index (χ1v) is 19.2. The van der Waals surface area contributed by atoms with Gasteiger partial charge in [0.2, 0.25) is 0 Å². The van der Waals surface area contributed by atoms with Crippen LogP contribution in [0.3, 0.4) is 0 Å². The van der Waals surface area contributed by atoms with E-state index in [-0.39, 0.29) is 28.4 Å². The first kappa shape index (κ1) is 32.7. The van der Waals surface area contributed by atoms with Gasteiger partial charge >= 0.3 is 12.1 Å². The lowest BCUT2D eigenvalue weighted by atomic mass is 9.72. The van der Waals surface area contributed by atoms with Crippen molar-refractivity contribution in [2.45, 2.75) is 128 Å². The van der Waals surface area contributed by atoms with Crippen molar-refractivity contribution in [3.8, 4) is 0 Å². The van der Waals surface area contributed by atoms with Crippen molar-refractivity contribution in [3.63, 3.8) is 0 Å². The molecule has 6 nitrogen and oxygen atoms in total. The molecular formula is C35H46F3NO5Si. The third-order valence-electron chi connectivity index (χ3n) is 10.9. The van der Waals surface area contributed by atoms with Crippen LogP contribution >= 0.6 is 0 Å². The summed E-state index contributed by atoms with van der Waals surface area (Å²) in [6.07, 6.45) is -2.02. The Morgan fingerprint density at radius 3 is 2.16 bits per heavy atom. The maximum Gasteiger partial charge on any atom is 0.416 e. The molecule has 2 aliphatic carbocycles. The monoisotopic (exact) mass is 645 g/mol. The van der Waals surface area contributed by atoms with Crippen LogP contribution in [-0.2, 0) is 35.2 Å². The third kappa shape index (κ3) is 5.57. The van der Waals surface area contributed by atoms with Crippen LogP contribution in [-0.4, -0.2) is 32.5 Å². The first-order chi connectivity index (χ1) is 20.9. The normalized spacial score (nSPS) is 25.4. The SMILES string of the molecule is CC(=O)OC1c2nc(C(C)C)c3c(c2[C@@H](O[Si](C)(C)C(C)(C)C)CC12CC2)C1(CCOCC1)O[C@@H]3c1ccc(C(F)(F)F)cc1. The minimum atomic E-state index is -4.43. The number of esters is 1. The van der Waals surface area contributed by atoms with Crippen LogP contribution in [0.25, 0.3) is 0 Å². The molecule has 2 aromatic rings. The van der Waals surface area contributed by atoms with Crippen LogP contribution in [0.2, 0.25) is 18.1 Å². The molecule has 10 heteroatoms.